The van der Waals surface area contributed by atoms with Gasteiger partial charge < -0.3 is 19.5 Å². The number of nitrogens with zero attached hydrogens (tertiary/aromatic N) is 3. The molecule has 3 heterocycles. The van der Waals surface area contributed by atoms with E-state index in [0.29, 0.717) is 6.04 Å². The second-order valence-corrected chi connectivity index (χ2v) is 5.37. The molecular weight excluding hydrogens is 228 g/mol. The largest absolute Gasteiger partial charge is 0.374 e. The van der Waals surface area contributed by atoms with E-state index < -0.39 is 0 Å². The van der Waals surface area contributed by atoms with Crippen molar-refractivity contribution in [2.45, 2.75) is 31.5 Å². The van der Waals surface area contributed by atoms with Crippen molar-refractivity contribution in [2.75, 3.05) is 33.3 Å². The standard InChI is InChI=1S/C13H22N4O/c1-16-5-6-18-11(8-16)9-17-10-14-7-13(17)12-3-2-4-15-12/h7,10-12,15H,2-6,8-9H2,1H3. The third-order valence-electron chi connectivity index (χ3n) is 3.90. The summed E-state index contributed by atoms with van der Waals surface area (Å²) in [6.45, 7) is 4.93. The number of hydrogen-bond acceptors (Lipinski definition) is 4. The maximum Gasteiger partial charge on any atom is 0.0949 e. The molecule has 0 aromatic carbocycles. The third-order valence-corrected chi connectivity index (χ3v) is 3.90. The smallest absolute Gasteiger partial charge is 0.0949 e. The number of nitrogens with one attached hydrogen (secondary N) is 1. The molecule has 0 bridgehead atoms. The van der Waals surface area contributed by atoms with Gasteiger partial charge in [0.05, 0.1) is 31.3 Å². The van der Waals surface area contributed by atoms with Crippen molar-refractivity contribution in [1.29, 1.82) is 0 Å². The first-order valence-electron chi connectivity index (χ1n) is 6.86. The van der Waals surface area contributed by atoms with Gasteiger partial charge >= 0.3 is 0 Å². The van der Waals surface area contributed by atoms with Crippen LogP contribution in [0.25, 0.3) is 0 Å². The molecule has 5 heteroatoms. The third kappa shape index (κ3) is 2.58. The molecule has 1 aromatic heterocycles. The predicted octanol–water partition coefficient (Wildman–Crippen LogP) is 0.638. The van der Waals surface area contributed by atoms with Gasteiger partial charge in [-0.1, -0.05) is 0 Å². The molecule has 0 aliphatic carbocycles. The highest BCUT2D eigenvalue weighted by Crippen LogP contribution is 2.23. The molecular formula is C13H22N4O. The lowest BCUT2D eigenvalue weighted by Gasteiger charge is -2.30. The summed E-state index contributed by atoms with van der Waals surface area (Å²) in [6, 6.07) is 0.480. The summed E-state index contributed by atoms with van der Waals surface area (Å²) in [7, 11) is 2.16. The van der Waals surface area contributed by atoms with E-state index >= 15 is 0 Å². The van der Waals surface area contributed by atoms with Gasteiger partial charge in [0.2, 0.25) is 0 Å². The Bertz CT molecular complexity index is 386. The molecule has 2 unspecified atom stereocenters. The van der Waals surface area contributed by atoms with Crippen LogP contribution in [0.4, 0.5) is 0 Å². The summed E-state index contributed by atoms with van der Waals surface area (Å²) < 4.78 is 8.09. The molecule has 0 amide bonds. The molecule has 0 radical (unpaired) electrons. The molecule has 3 rings (SSSR count). The van der Waals surface area contributed by atoms with Crippen LogP contribution in [-0.4, -0.2) is 53.8 Å². The van der Waals surface area contributed by atoms with Gasteiger partial charge in [-0.25, -0.2) is 4.98 Å². The molecule has 2 saturated heterocycles. The van der Waals surface area contributed by atoms with E-state index in [1.54, 1.807) is 0 Å². The monoisotopic (exact) mass is 250 g/mol. The van der Waals surface area contributed by atoms with E-state index in [1.165, 1.54) is 18.5 Å². The van der Waals surface area contributed by atoms with Crippen molar-refractivity contribution in [1.82, 2.24) is 19.8 Å². The van der Waals surface area contributed by atoms with E-state index in [2.05, 4.69) is 26.8 Å². The van der Waals surface area contributed by atoms with Crippen LogP contribution in [0.2, 0.25) is 0 Å². The lowest BCUT2D eigenvalue weighted by atomic mass is 10.1. The first kappa shape index (κ1) is 12.1. The minimum absolute atomic E-state index is 0.290. The molecule has 2 fully saturated rings. The van der Waals surface area contributed by atoms with Crippen molar-refractivity contribution >= 4 is 0 Å². The number of ether oxygens (including phenoxy) is 1. The van der Waals surface area contributed by atoms with E-state index in [4.69, 9.17) is 4.74 Å². The van der Waals surface area contributed by atoms with Crippen molar-refractivity contribution in [2.24, 2.45) is 0 Å². The van der Waals surface area contributed by atoms with E-state index in [0.717, 1.165) is 32.8 Å². The molecule has 1 aromatic rings. The Morgan fingerprint density at radius 1 is 1.56 bits per heavy atom. The molecule has 100 valence electrons. The molecule has 0 spiro atoms. The van der Waals surface area contributed by atoms with Crippen LogP contribution in [0.1, 0.15) is 24.6 Å². The Hall–Kier alpha value is -0.910. The molecule has 2 aliphatic rings. The molecule has 5 nitrogen and oxygen atoms in total. The second kappa shape index (κ2) is 5.38. The fourth-order valence-corrected chi connectivity index (χ4v) is 2.91. The van der Waals surface area contributed by atoms with Crippen LogP contribution in [0.3, 0.4) is 0 Å². The zero-order valence-electron chi connectivity index (χ0n) is 11.0. The van der Waals surface area contributed by atoms with E-state index in [-0.39, 0.29) is 6.10 Å². The van der Waals surface area contributed by atoms with Gasteiger partial charge in [0.25, 0.3) is 0 Å². The fraction of sp³-hybridized carbons (Fsp3) is 0.769. The first-order chi connectivity index (χ1) is 8.83. The Morgan fingerprint density at radius 2 is 2.50 bits per heavy atom. The van der Waals surface area contributed by atoms with Crippen LogP contribution in [0.15, 0.2) is 12.5 Å². The lowest BCUT2D eigenvalue weighted by Crippen LogP contribution is -2.42. The SMILES string of the molecule is CN1CCOC(Cn2cncc2C2CCCN2)C1. The van der Waals surface area contributed by atoms with Gasteiger partial charge in [-0.3, -0.25) is 0 Å². The van der Waals surface area contributed by atoms with E-state index in [1.807, 2.05) is 12.5 Å². The van der Waals surface area contributed by atoms with Crippen LogP contribution >= 0.6 is 0 Å². The van der Waals surface area contributed by atoms with Gasteiger partial charge in [-0.2, -0.15) is 0 Å². The summed E-state index contributed by atoms with van der Waals surface area (Å²) in [4.78, 5) is 6.64. The Balaban J connectivity index is 1.66. The van der Waals surface area contributed by atoms with Crippen molar-refractivity contribution in [3.05, 3.63) is 18.2 Å². The summed E-state index contributed by atoms with van der Waals surface area (Å²) >= 11 is 0. The Labute approximate surface area is 108 Å². The molecule has 2 aliphatic heterocycles. The average Bonchev–Trinajstić information content (AvgIpc) is 2.98. The predicted molar refractivity (Wildman–Crippen MR) is 69.4 cm³/mol. The fourth-order valence-electron chi connectivity index (χ4n) is 2.91. The number of imidazole rings is 1. The minimum Gasteiger partial charge on any atom is -0.374 e. The maximum absolute atomic E-state index is 5.83. The molecule has 0 saturated carbocycles. The summed E-state index contributed by atoms with van der Waals surface area (Å²) in [6.07, 6.45) is 6.71. The van der Waals surface area contributed by atoms with Crippen molar-refractivity contribution in [3.63, 3.8) is 0 Å². The molecule has 2 atom stereocenters. The van der Waals surface area contributed by atoms with Crippen LogP contribution in [-0.2, 0) is 11.3 Å². The van der Waals surface area contributed by atoms with Gasteiger partial charge in [0.1, 0.15) is 0 Å². The van der Waals surface area contributed by atoms with E-state index in [9.17, 15) is 0 Å². The van der Waals surface area contributed by atoms with Gasteiger partial charge in [-0.15, -0.1) is 0 Å². The maximum atomic E-state index is 5.83. The van der Waals surface area contributed by atoms with Gasteiger partial charge in [-0.05, 0) is 26.4 Å². The number of morpholine rings is 1. The molecule has 18 heavy (non-hydrogen) atoms. The molecule has 1 N–H and O–H groups in total. The number of hydrogen-bond donors (Lipinski definition) is 1. The summed E-state index contributed by atoms with van der Waals surface area (Å²) in [5, 5.41) is 3.53. The zero-order chi connectivity index (χ0) is 12.4. The lowest BCUT2D eigenvalue weighted by molar-refractivity contribution is -0.0279. The second-order valence-electron chi connectivity index (χ2n) is 5.37. The van der Waals surface area contributed by atoms with Gasteiger partial charge in [0, 0.05) is 25.3 Å². The van der Waals surface area contributed by atoms with Crippen LogP contribution < -0.4 is 5.32 Å². The Kier molecular flexibility index (Phi) is 3.63. The quantitative estimate of drug-likeness (QED) is 0.855. The number of aromatic nitrogens is 2. The highest BCUT2D eigenvalue weighted by atomic mass is 16.5. The van der Waals surface area contributed by atoms with Crippen LogP contribution in [0, 0.1) is 0 Å². The number of likely N-dealkylation sites (N-methyl/N-ethyl adjacent to an activating group) is 1. The minimum atomic E-state index is 0.290. The van der Waals surface area contributed by atoms with Crippen LogP contribution in [0.5, 0.6) is 0 Å². The summed E-state index contributed by atoms with van der Waals surface area (Å²) in [5.41, 5.74) is 1.31. The van der Waals surface area contributed by atoms with Crippen molar-refractivity contribution < 1.29 is 4.74 Å². The average molecular weight is 250 g/mol. The Morgan fingerprint density at radius 3 is 3.28 bits per heavy atom. The summed E-state index contributed by atoms with van der Waals surface area (Å²) in [5.74, 6) is 0. The highest BCUT2D eigenvalue weighted by molar-refractivity contribution is 5.07. The van der Waals surface area contributed by atoms with Gasteiger partial charge in [0.15, 0.2) is 0 Å². The number of rotatable bonds is 3. The highest BCUT2D eigenvalue weighted by Gasteiger charge is 2.23. The van der Waals surface area contributed by atoms with Crippen molar-refractivity contribution in [3.8, 4) is 0 Å². The topological polar surface area (TPSA) is 42.3 Å². The first-order valence-corrected chi connectivity index (χ1v) is 6.86. The normalized spacial score (nSPS) is 29.8. The zero-order valence-corrected chi connectivity index (χ0v) is 11.0.